The largest absolute Gasteiger partial charge is 0.455 e. The van der Waals surface area contributed by atoms with E-state index >= 15 is 0 Å². The molecule has 0 unspecified atom stereocenters. The maximum Gasteiger partial charge on any atom is 0.160 e. The minimum atomic E-state index is 0.673. The van der Waals surface area contributed by atoms with Gasteiger partial charge in [-0.15, -0.1) is 0 Å². The second kappa shape index (κ2) is 10.7. The van der Waals surface area contributed by atoms with E-state index in [0.29, 0.717) is 5.82 Å². The van der Waals surface area contributed by atoms with Crippen LogP contribution in [0.25, 0.3) is 55.4 Å². The van der Waals surface area contributed by atoms with Gasteiger partial charge in [-0.2, -0.15) is 0 Å². The SMILES string of the molecule is c1ccc(N(c2ccccc2)c2cccc(-c3nc4c5c(c(-c6ccc7ccccc7c6)ccc5n3)Oc3ccccc3-4)c2)cc1. The Morgan fingerprint density at radius 1 is 0.457 bits per heavy atom. The normalized spacial score (nSPS) is 11.7. The number of hydrogen-bond donors (Lipinski definition) is 0. The van der Waals surface area contributed by atoms with Crippen LogP contribution in [0.15, 0.2) is 164 Å². The number of rotatable bonds is 5. The molecule has 2 heterocycles. The molecule has 0 aliphatic carbocycles. The lowest BCUT2D eigenvalue weighted by Crippen LogP contribution is -2.10. The van der Waals surface area contributed by atoms with Crippen molar-refractivity contribution < 1.29 is 4.74 Å². The smallest absolute Gasteiger partial charge is 0.160 e. The molecule has 0 saturated carbocycles. The van der Waals surface area contributed by atoms with Gasteiger partial charge in [0, 0.05) is 33.8 Å². The van der Waals surface area contributed by atoms with E-state index in [2.05, 4.69) is 138 Å². The van der Waals surface area contributed by atoms with Crippen molar-refractivity contribution in [1.29, 1.82) is 0 Å². The van der Waals surface area contributed by atoms with Gasteiger partial charge in [0.25, 0.3) is 0 Å². The summed E-state index contributed by atoms with van der Waals surface area (Å²) in [7, 11) is 0. The van der Waals surface area contributed by atoms with E-state index in [1.807, 2.05) is 30.3 Å². The summed E-state index contributed by atoms with van der Waals surface area (Å²) in [5.74, 6) is 2.26. The average molecular weight is 590 g/mol. The predicted octanol–water partition coefficient (Wildman–Crippen LogP) is 11.4. The fraction of sp³-hybridized carbons (Fsp3) is 0. The number of hydrogen-bond acceptors (Lipinski definition) is 4. The standard InChI is InChI=1S/C42H27N3O/c1-3-15-32(16-4-1)45(33-17-5-2-6-18-33)34-19-11-14-31(27-34)42-43-37-25-24-35(30-23-22-28-12-7-8-13-29(28)26-30)41-39(37)40(44-42)36-20-9-10-21-38(36)46-41/h1-27H. The van der Waals surface area contributed by atoms with Crippen LogP contribution < -0.4 is 9.64 Å². The molecule has 4 heteroatoms. The lowest BCUT2D eigenvalue weighted by molar-refractivity contribution is 0.488. The first-order chi connectivity index (χ1) is 22.8. The molecule has 0 fully saturated rings. The Kier molecular flexibility index (Phi) is 6.10. The van der Waals surface area contributed by atoms with Crippen LogP contribution in [0.4, 0.5) is 17.1 Å². The van der Waals surface area contributed by atoms with Gasteiger partial charge in [0.1, 0.15) is 11.5 Å². The minimum absolute atomic E-state index is 0.673. The third-order valence-electron chi connectivity index (χ3n) is 8.62. The summed E-state index contributed by atoms with van der Waals surface area (Å²) < 4.78 is 6.65. The minimum Gasteiger partial charge on any atom is -0.455 e. The number of para-hydroxylation sites is 3. The highest BCUT2D eigenvalue weighted by molar-refractivity contribution is 6.06. The summed E-state index contributed by atoms with van der Waals surface area (Å²) in [5.41, 5.74) is 8.95. The van der Waals surface area contributed by atoms with Crippen molar-refractivity contribution in [1.82, 2.24) is 9.97 Å². The molecule has 1 aromatic heterocycles. The van der Waals surface area contributed by atoms with E-state index in [-0.39, 0.29) is 0 Å². The first-order valence-corrected chi connectivity index (χ1v) is 15.4. The molecule has 8 aromatic rings. The molecule has 0 saturated heterocycles. The average Bonchev–Trinajstić information content (AvgIpc) is 3.13. The van der Waals surface area contributed by atoms with E-state index in [4.69, 9.17) is 14.7 Å². The second-order valence-corrected chi connectivity index (χ2v) is 11.4. The molecule has 46 heavy (non-hydrogen) atoms. The van der Waals surface area contributed by atoms with Crippen molar-refractivity contribution >= 4 is 38.7 Å². The summed E-state index contributed by atoms with van der Waals surface area (Å²) in [4.78, 5) is 12.7. The molecule has 9 rings (SSSR count). The van der Waals surface area contributed by atoms with Crippen molar-refractivity contribution in [2.45, 2.75) is 0 Å². The van der Waals surface area contributed by atoms with E-state index in [0.717, 1.165) is 67.4 Å². The lowest BCUT2D eigenvalue weighted by atomic mass is 9.95. The van der Waals surface area contributed by atoms with Crippen LogP contribution in [0.5, 0.6) is 11.5 Å². The van der Waals surface area contributed by atoms with Crippen molar-refractivity contribution in [2.24, 2.45) is 0 Å². The molecule has 4 nitrogen and oxygen atoms in total. The van der Waals surface area contributed by atoms with Gasteiger partial charge in [0.15, 0.2) is 5.82 Å². The molecule has 0 atom stereocenters. The van der Waals surface area contributed by atoms with E-state index < -0.39 is 0 Å². The molecule has 1 aliphatic heterocycles. The first-order valence-electron chi connectivity index (χ1n) is 15.4. The summed E-state index contributed by atoms with van der Waals surface area (Å²) in [6, 6.07) is 56.6. The van der Waals surface area contributed by atoms with Crippen LogP contribution in [0.1, 0.15) is 0 Å². The van der Waals surface area contributed by atoms with Crippen molar-refractivity contribution in [3.8, 4) is 45.3 Å². The van der Waals surface area contributed by atoms with E-state index in [1.54, 1.807) is 0 Å². The van der Waals surface area contributed by atoms with Crippen LogP contribution in [-0.2, 0) is 0 Å². The summed E-state index contributed by atoms with van der Waals surface area (Å²) in [6.07, 6.45) is 0. The van der Waals surface area contributed by atoms with Crippen molar-refractivity contribution in [2.75, 3.05) is 4.90 Å². The monoisotopic (exact) mass is 589 g/mol. The fourth-order valence-electron chi connectivity index (χ4n) is 6.46. The number of aromatic nitrogens is 2. The number of anilines is 3. The third-order valence-corrected chi connectivity index (χ3v) is 8.62. The molecular weight excluding hydrogens is 562 g/mol. The van der Waals surface area contributed by atoms with Gasteiger partial charge in [-0.25, -0.2) is 9.97 Å². The van der Waals surface area contributed by atoms with Gasteiger partial charge < -0.3 is 9.64 Å². The summed E-state index contributed by atoms with van der Waals surface area (Å²) in [6.45, 7) is 0. The number of fused-ring (bicyclic) bond motifs is 3. The number of benzene rings is 7. The lowest BCUT2D eigenvalue weighted by Gasteiger charge is -2.26. The molecule has 7 aromatic carbocycles. The predicted molar refractivity (Wildman–Crippen MR) is 188 cm³/mol. The highest BCUT2D eigenvalue weighted by atomic mass is 16.5. The van der Waals surface area contributed by atoms with Gasteiger partial charge in [0.05, 0.1) is 16.6 Å². The Hall–Kier alpha value is -6.26. The summed E-state index contributed by atoms with van der Waals surface area (Å²) in [5, 5.41) is 3.33. The molecule has 0 bridgehead atoms. The van der Waals surface area contributed by atoms with Gasteiger partial charge in [0.2, 0.25) is 0 Å². The quantitative estimate of drug-likeness (QED) is 0.200. The second-order valence-electron chi connectivity index (χ2n) is 11.4. The molecule has 1 aliphatic rings. The molecule has 0 amide bonds. The molecule has 0 N–H and O–H groups in total. The topological polar surface area (TPSA) is 38.2 Å². The van der Waals surface area contributed by atoms with Crippen LogP contribution in [0.2, 0.25) is 0 Å². The Morgan fingerprint density at radius 3 is 1.96 bits per heavy atom. The zero-order valence-corrected chi connectivity index (χ0v) is 24.8. The van der Waals surface area contributed by atoms with Crippen LogP contribution >= 0.6 is 0 Å². The van der Waals surface area contributed by atoms with Crippen molar-refractivity contribution in [3.63, 3.8) is 0 Å². The van der Waals surface area contributed by atoms with E-state index in [9.17, 15) is 0 Å². The first kappa shape index (κ1) is 26.2. The van der Waals surface area contributed by atoms with Gasteiger partial charge in [-0.1, -0.05) is 97.1 Å². The fourth-order valence-corrected chi connectivity index (χ4v) is 6.46. The number of nitrogens with zero attached hydrogens (tertiary/aromatic N) is 3. The third kappa shape index (κ3) is 4.39. The number of ether oxygens (including phenoxy) is 1. The van der Waals surface area contributed by atoms with Gasteiger partial charge >= 0.3 is 0 Å². The van der Waals surface area contributed by atoms with Crippen LogP contribution in [0.3, 0.4) is 0 Å². The Labute approximate surface area is 266 Å². The Bertz CT molecular complexity index is 2360. The Morgan fingerprint density at radius 2 is 1.15 bits per heavy atom. The Balaban J connectivity index is 1.22. The highest BCUT2D eigenvalue weighted by Crippen LogP contribution is 2.50. The maximum absolute atomic E-state index is 6.65. The zero-order chi connectivity index (χ0) is 30.5. The molecule has 0 radical (unpaired) electrons. The van der Waals surface area contributed by atoms with Crippen LogP contribution in [0, 0.1) is 0 Å². The zero-order valence-electron chi connectivity index (χ0n) is 24.8. The summed E-state index contributed by atoms with van der Waals surface area (Å²) >= 11 is 0. The molecule has 0 spiro atoms. The molecular formula is C42H27N3O. The highest BCUT2D eigenvalue weighted by Gasteiger charge is 2.26. The molecule has 216 valence electrons. The maximum atomic E-state index is 6.65. The van der Waals surface area contributed by atoms with E-state index in [1.165, 1.54) is 10.8 Å². The van der Waals surface area contributed by atoms with Crippen molar-refractivity contribution in [3.05, 3.63) is 164 Å². The van der Waals surface area contributed by atoms with Gasteiger partial charge in [-0.05, 0) is 83.1 Å². The van der Waals surface area contributed by atoms with Crippen LogP contribution in [-0.4, -0.2) is 9.97 Å². The van der Waals surface area contributed by atoms with Gasteiger partial charge in [-0.3, -0.25) is 0 Å².